The molecule has 1 saturated heterocycles. The lowest BCUT2D eigenvalue weighted by atomic mass is 9.76. The minimum absolute atomic E-state index is 0.105. The molecule has 0 aromatic heterocycles. The largest absolute Gasteiger partial charge is 0.534 e. The lowest BCUT2D eigenvalue weighted by Gasteiger charge is -2.44. The number of alkyl halides is 6. The smallest absolute Gasteiger partial charge is 0.376 e. The number of rotatable bonds is 8. The molecule has 0 bridgehead atoms. The van der Waals surface area contributed by atoms with E-state index in [1.165, 1.54) is 18.2 Å². The average Bonchev–Trinajstić information content (AvgIpc) is 2.81. The van der Waals surface area contributed by atoms with Crippen molar-refractivity contribution in [3.05, 3.63) is 75.8 Å². The molecule has 0 aliphatic carbocycles. The number of carbonyl (C=O) groups is 1. The van der Waals surface area contributed by atoms with Crippen LogP contribution in [0.5, 0.6) is 5.75 Å². The fourth-order valence-electron chi connectivity index (χ4n) is 4.43. The van der Waals surface area contributed by atoms with Crippen molar-refractivity contribution in [1.29, 1.82) is 0 Å². The van der Waals surface area contributed by atoms with E-state index in [-0.39, 0.29) is 17.0 Å². The number of amides is 1. The molecular weight excluding hydrogens is 597 g/mol. The zero-order chi connectivity index (χ0) is 29.2. The van der Waals surface area contributed by atoms with Gasteiger partial charge in [0.2, 0.25) is 0 Å². The molecule has 39 heavy (non-hydrogen) atoms. The van der Waals surface area contributed by atoms with E-state index in [4.69, 9.17) is 23.2 Å². The number of halogens is 8. The van der Waals surface area contributed by atoms with Crippen LogP contribution in [-0.2, 0) is 16.3 Å². The second-order valence-corrected chi connectivity index (χ2v) is 11.1. The van der Waals surface area contributed by atoms with Crippen molar-refractivity contribution in [1.82, 2.24) is 10.6 Å². The van der Waals surface area contributed by atoms with Crippen molar-refractivity contribution < 1.29 is 43.7 Å². The van der Waals surface area contributed by atoms with Crippen LogP contribution in [0.15, 0.2) is 49.1 Å². The maximum atomic E-state index is 13.4. The zero-order valence-electron chi connectivity index (χ0n) is 19.9. The van der Waals surface area contributed by atoms with Crippen LogP contribution >= 0.6 is 23.2 Å². The molecular formula is C24H22Cl2F6N2O4S. The molecule has 1 amide bonds. The molecule has 3 rings (SSSR count). The van der Waals surface area contributed by atoms with Crippen molar-refractivity contribution in [2.75, 3.05) is 6.54 Å². The lowest BCUT2D eigenvalue weighted by molar-refractivity contribution is -0.137. The molecule has 0 unspecified atom stereocenters. The number of hydrogen-bond donors (Lipinski definition) is 2. The fourth-order valence-corrected chi connectivity index (χ4v) is 5.53. The van der Waals surface area contributed by atoms with Crippen LogP contribution in [0.4, 0.5) is 26.3 Å². The van der Waals surface area contributed by atoms with E-state index in [9.17, 15) is 39.6 Å². The minimum atomic E-state index is -6.00. The molecule has 1 fully saturated rings. The van der Waals surface area contributed by atoms with Gasteiger partial charge in [0.15, 0.2) is 0 Å². The Morgan fingerprint density at radius 1 is 1.15 bits per heavy atom. The normalized spacial score (nSPS) is 19.3. The maximum Gasteiger partial charge on any atom is 0.534 e. The number of benzene rings is 2. The molecule has 1 aliphatic rings. The minimum Gasteiger partial charge on any atom is -0.376 e. The third-order valence-corrected chi connectivity index (χ3v) is 7.85. The summed E-state index contributed by atoms with van der Waals surface area (Å²) in [5.74, 6) is -1.78. The standard InChI is InChI=1S/C24H22Cl2F6N2O4S/c1-2-10-22(11-3-4-12-33-22)20(14-6-5-7-15(13-14)38-39(36,37)24(30,31)32)34-21(35)18-17(25)9-8-16(19(18)26)23(27,28)29/h2,5-9,13,20,33H,1,3-4,10-12H2,(H,34,35)/t20-,22+/m0/s1. The van der Waals surface area contributed by atoms with Crippen LogP contribution in [0.2, 0.25) is 10.0 Å². The monoisotopic (exact) mass is 618 g/mol. The van der Waals surface area contributed by atoms with Gasteiger partial charge in [0.25, 0.3) is 5.91 Å². The molecule has 214 valence electrons. The Morgan fingerprint density at radius 3 is 2.41 bits per heavy atom. The predicted octanol–water partition coefficient (Wildman–Crippen LogP) is 6.80. The topological polar surface area (TPSA) is 84.5 Å². The summed E-state index contributed by atoms with van der Waals surface area (Å²) >= 11 is 12.0. The van der Waals surface area contributed by atoms with Crippen LogP contribution in [0, 0.1) is 0 Å². The van der Waals surface area contributed by atoms with Gasteiger partial charge >= 0.3 is 21.8 Å². The van der Waals surface area contributed by atoms with Gasteiger partial charge in [0.05, 0.1) is 27.2 Å². The van der Waals surface area contributed by atoms with E-state index in [2.05, 4.69) is 21.4 Å². The van der Waals surface area contributed by atoms with E-state index in [0.717, 1.165) is 24.6 Å². The van der Waals surface area contributed by atoms with E-state index < -0.39 is 61.2 Å². The average molecular weight is 619 g/mol. The summed E-state index contributed by atoms with van der Waals surface area (Å²) in [4.78, 5) is 13.4. The van der Waals surface area contributed by atoms with E-state index >= 15 is 0 Å². The highest BCUT2D eigenvalue weighted by atomic mass is 35.5. The van der Waals surface area contributed by atoms with Gasteiger partial charge in [-0.25, -0.2) is 0 Å². The van der Waals surface area contributed by atoms with Crippen LogP contribution in [0.3, 0.4) is 0 Å². The van der Waals surface area contributed by atoms with Crippen LogP contribution in [0.1, 0.15) is 53.2 Å². The molecule has 0 saturated carbocycles. The first-order valence-electron chi connectivity index (χ1n) is 11.3. The lowest BCUT2D eigenvalue weighted by Crippen LogP contribution is -2.57. The Kier molecular flexibility index (Phi) is 9.20. The van der Waals surface area contributed by atoms with Gasteiger partial charge in [0, 0.05) is 5.54 Å². The van der Waals surface area contributed by atoms with Crippen molar-refractivity contribution in [3.63, 3.8) is 0 Å². The van der Waals surface area contributed by atoms with Crippen molar-refractivity contribution in [3.8, 4) is 5.75 Å². The SMILES string of the molecule is C=CC[C@]1([C@@H](NC(=O)c2c(Cl)ccc(C(F)(F)F)c2Cl)c2cccc(OS(=O)(=O)C(F)(F)F)c2)CCCCN1. The van der Waals surface area contributed by atoms with Gasteiger partial charge in [-0.15, -0.1) is 6.58 Å². The first kappa shape index (κ1) is 31.1. The first-order chi connectivity index (χ1) is 18.0. The zero-order valence-corrected chi connectivity index (χ0v) is 22.3. The van der Waals surface area contributed by atoms with Crippen molar-refractivity contribution in [2.24, 2.45) is 0 Å². The van der Waals surface area contributed by atoms with Crippen LogP contribution < -0.4 is 14.8 Å². The number of carbonyl (C=O) groups excluding carboxylic acids is 1. The number of nitrogens with one attached hydrogen (secondary N) is 2. The Balaban J connectivity index is 2.12. The summed E-state index contributed by atoms with van der Waals surface area (Å²) in [7, 11) is -6.00. The Morgan fingerprint density at radius 2 is 1.85 bits per heavy atom. The summed E-state index contributed by atoms with van der Waals surface area (Å²) in [6, 6.07) is 4.95. The Bertz CT molecular complexity index is 1340. The van der Waals surface area contributed by atoms with Gasteiger partial charge in [-0.2, -0.15) is 34.8 Å². The van der Waals surface area contributed by atoms with Gasteiger partial charge in [-0.05, 0) is 55.6 Å². The van der Waals surface area contributed by atoms with Gasteiger partial charge < -0.3 is 14.8 Å². The fraction of sp³-hybridized carbons (Fsp3) is 0.375. The second kappa shape index (κ2) is 11.6. The van der Waals surface area contributed by atoms with Gasteiger partial charge in [0.1, 0.15) is 5.75 Å². The van der Waals surface area contributed by atoms with Gasteiger partial charge in [-0.1, -0.05) is 47.8 Å². The number of hydrogen-bond acceptors (Lipinski definition) is 5. The Labute approximate surface area is 230 Å². The maximum absolute atomic E-state index is 13.4. The molecule has 2 N–H and O–H groups in total. The van der Waals surface area contributed by atoms with E-state index in [1.807, 2.05) is 0 Å². The highest BCUT2D eigenvalue weighted by Gasteiger charge is 2.49. The van der Waals surface area contributed by atoms with Crippen molar-refractivity contribution in [2.45, 2.75) is 48.9 Å². The summed E-state index contributed by atoms with van der Waals surface area (Å²) in [6.45, 7) is 4.20. The summed E-state index contributed by atoms with van der Waals surface area (Å²) in [5, 5.41) is 4.58. The molecule has 2 aromatic carbocycles. The van der Waals surface area contributed by atoms with Crippen LogP contribution in [-0.4, -0.2) is 31.9 Å². The predicted molar refractivity (Wildman–Crippen MR) is 133 cm³/mol. The molecule has 6 nitrogen and oxygen atoms in total. The molecule has 2 aromatic rings. The quantitative estimate of drug-likeness (QED) is 0.147. The van der Waals surface area contributed by atoms with Gasteiger partial charge in [-0.3, -0.25) is 4.79 Å². The van der Waals surface area contributed by atoms with E-state index in [1.54, 1.807) is 0 Å². The summed E-state index contributed by atoms with van der Waals surface area (Å²) < 4.78 is 106. The Hall–Kier alpha value is -2.48. The van der Waals surface area contributed by atoms with E-state index in [0.29, 0.717) is 25.5 Å². The third-order valence-electron chi connectivity index (χ3n) is 6.17. The molecule has 15 heteroatoms. The highest BCUT2D eigenvalue weighted by Crippen LogP contribution is 2.41. The summed E-state index contributed by atoms with van der Waals surface area (Å²) in [5.41, 5.74) is -8.54. The molecule has 0 radical (unpaired) electrons. The second-order valence-electron chi connectivity index (χ2n) is 8.78. The van der Waals surface area contributed by atoms with Crippen LogP contribution in [0.25, 0.3) is 0 Å². The molecule has 1 aliphatic heterocycles. The number of piperidine rings is 1. The highest BCUT2D eigenvalue weighted by molar-refractivity contribution is 7.88. The first-order valence-corrected chi connectivity index (χ1v) is 13.5. The van der Waals surface area contributed by atoms with Crippen molar-refractivity contribution >= 4 is 39.2 Å². The molecule has 1 heterocycles. The molecule has 2 atom stereocenters. The molecule has 0 spiro atoms. The summed E-state index contributed by atoms with van der Waals surface area (Å²) in [6.07, 6.45) is -1.29. The third kappa shape index (κ3) is 6.82.